The van der Waals surface area contributed by atoms with Crippen LogP contribution in [-0.4, -0.2) is 16.6 Å². The average Bonchev–Trinajstić information content (AvgIpc) is 2.59. The van der Waals surface area contributed by atoms with E-state index in [2.05, 4.69) is 5.32 Å². The second kappa shape index (κ2) is 8.22. The van der Waals surface area contributed by atoms with Crippen LogP contribution in [0.5, 0.6) is 0 Å². The number of carbonyl (C=O) groups excluding carboxylic acids is 1. The number of nitrogens with zero attached hydrogens (tertiary/aromatic N) is 1. The SMILES string of the molecule is C[C@H](SCC(=O)Nc1cccc(C(F)(F)F)c1)c1cccc([N+](=O)[O-])c1. The van der Waals surface area contributed by atoms with Gasteiger partial charge >= 0.3 is 6.18 Å². The Morgan fingerprint density at radius 2 is 1.92 bits per heavy atom. The molecule has 26 heavy (non-hydrogen) atoms. The maximum absolute atomic E-state index is 12.7. The van der Waals surface area contributed by atoms with Crippen LogP contribution >= 0.6 is 11.8 Å². The molecule has 2 aromatic rings. The van der Waals surface area contributed by atoms with Gasteiger partial charge in [-0.25, -0.2) is 0 Å². The van der Waals surface area contributed by atoms with Crippen molar-refractivity contribution in [2.75, 3.05) is 11.1 Å². The predicted molar refractivity (Wildman–Crippen MR) is 94.0 cm³/mol. The van der Waals surface area contributed by atoms with Gasteiger partial charge in [0.1, 0.15) is 0 Å². The third-order valence-corrected chi connectivity index (χ3v) is 4.69. The number of hydrogen-bond donors (Lipinski definition) is 1. The first kappa shape index (κ1) is 19.8. The smallest absolute Gasteiger partial charge is 0.325 e. The Hall–Kier alpha value is -2.55. The Morgan fingerprint density at radius 1 is 1.23 bits per heavy atom. The number of thioether (sulfide) groups is 1. The van der Waals surface area contributed by atoms with Crippen LogP contribution in [0, 0.1) is 10.1 Å². The number of benzene rings is 2. The van der Waals surface area contributed by atoms with Crippen molar-refractivity contribution in [3.8, 4) is 0 Å². The third kappa shape index (κ3) is 5.48. The molecular formula is C17H15F3N2O3S. The monoisotopic (exact) mass is 384 g/mol. The molecule has 0 fully saturated rings. The first-order chi connectivity index (χ1) is 12.2. The lowest BCUT2D eigenvalue weighted by atomic mass is 10.1. The summed E-state index contributed by atoms with van der Waals surface area (Å²) in [6.07, 6.45) is -4.48. The maximum atomic E-state index is 12.7. The van der Waals surface area contributed by atoms with Crippen LogP contribution in [0.2, 0.25) is 0 Å². The molecule has 2 rings (SSSR count). The highest BCUT2D eigenvalue weighted by Gasteiger charge is 2.30. The van der Waals surface area contributed by atoms with Crippen LogP contribution in [0.3, 0.4) is 0 Å². The number of amides is 1. The van der Waals surface area contributed by atoms with Crippen molar-refractivity contribution in [1.29, 1.82) is 0 Å². The summed E-state index contributed by atoms with van der Waals surface area (Å²) in [5, 5.41) is 13.0. The predicted octanol–water partition coefficient (Wildman–Crippen LogP) is 5.05. The molecular weight excluding hydrogens is 369 g/mol. The van der Waals surface area contributed by atoms with Crippen LogP contribution in [0.4, 0.5) is 24.5 Å². The molecule has 0 aliphatic rings. The van der Waals surface area contributed by atoms with E-state index in [-0.39, 0.29) is 22.4 Å². The Bertz CT molecular complexity index is 812. The van der Waals surface area contributed by atoms with E-state index in [1.54, 1.807) is 19.1 Å². The lowest BCUT2D eigenvalue weighted by Gasteiger charge is -2.12. The first-order valence-electron chi connectivity index (χ1n) is 7.50. The van der Waals surface area contributed by atoms with E-state index in [9.17, 15) is 28.1 Å². The van der Waals surface area contributed by atoms with Gasteiger partial charge in [0.2, 0.25) is 5.91 Å². The van der Waals surface area contributed by atoms with Crippen molar-refractivity contribution in [1.82, 2.24) is 0 Å². The van der Waals surface area contributed by atoms with Gasteiger partial charge < -0.3 is 5.32 Å². The minimum atomic E-state index is -4.48. The number of rotatable bonds is 6. The van der Waals surface area contributed by atoms with Crippen molar-refractivity contribution in [3.63, 3.8) is 0 Å². The van der Waals surface area contributed by atoms with Crippen LogP contribution in [0.1, 0.15) is 23.3 Å². The van der Waals surface area contributed by atoms with E-state index < -0.39 is 22.6 Å². The van der Waals surface area contributed by atoms with E-state index >= 15 is 0 Å². The van der Waals surface area contributed by atoms with Gasteiger partial charge in [-0.2, -0.15) is 13.2 Å². The average molecular weight is 384 g/mol. The molecule has 0 aliphatic carbocycles. The topological polar surface area (TPSA) is 72.2 Å². The molecule has 0 heterocycles. The molecule has 0 radical (unpaired) electrons. The van der Waals surface area contributed by atoms with E-state index in [0.717, 1.165) is 12.1 Å². The molecule has 2 aromatic carbocycles. The highest BCUT2D eigenvalue weighted by atomic mass is 32.2. The summed E-state index contributed by atoms with van der Waals surface area (Å²) in [6, 6.07) is 10.5. The van der Waals surface area contributed by atoms with Crippen molar-refractivity contribution in [3.05, 3.63) is 69.8 Å². The molecule has 0 aromatic heterocycles. The summed E-state index contributed by atoms with van der Waals surface area (Å²) in [5.41, 5.74) is -0.124. The fourth-order valence-electron chi connectivity index (χ4n) is 2.16. The highest BCUT2D eigenvalue weighted by Crippen LogP contribution is 2.32. The highest BCUT2D eigenvalue weighted by molar-refractivity contribution is 8.00. The molecule has 0 aliphatic heterocycles. The molecule has 1 atom stereocenters. The minimum absolute atomic E-state index is 0.000103. The van der Waals surface area contributed by atoms with E-state index in [0.29, 0.717) is 5.56 Å². The molecule has 0 unspecified atom stereocenters. The largest absolute Gasteiger partial charge is 0.416 e. The van der Waals surface area contributed by atoms with Gasteiger partial charge in [0, 0.05) is 23.1 Å². The lowest BCUT2D eigenvalue weighted by Crippen LogP contribution is -2.15. The van der Waals surface area contributed by atoms with Crippen molar-refractivity contribution >= 4 is 29.0 Å². The van der Waals surface area contributed by atoms with Gasteiger partial charge in [-0.3, -0.25) is 14.9 Å². The zero-order chi connectivity index (χ0) is 19.3. The molecule has 0 bridgehead atoms. The van der Waals surface area contributed by atoms with Crippen LogP contribution in [-0.2, 0) is 11.0 Å². The van der Waals surface area contributed by atoms with Gasteiger partial charge in [-0.05, 0) is 30.7 Å². The van der Waals surface area contributed by atoms with Crippen molar-refractivity contribution in [2.24, 2.45) is 0 Å². The summed E-state index contributed by atoms with van der Waals surface area (Å²) >= 11 is 1.23. The molecule has 1 N–H and O–H groups in total. The zero-order valence-corrected chi connectivity index (χ0v) is 14.4. The summed E-state index contributed by atoms with van der Waals surface area (Å²) in [4.78, 5) is 22.3. The number of halogens is 3. The third-order valence-electron chi connectivity index (χ3n) is 3.49. The summed E-state index contributed by atoms with van der Waals surface area (Å²) in [7, 11) is 0. The normalized spacial score (nSPS) is 12.5. The number of carbonyl (C=O) groups is 1. The molecule has 138 valence electrons. The van der Waals surface area contributed by atoms with E-state index in [4.69, 9.17) is 0 Å². The minimum Gasteiger partial charge on any atom is -0.325 e. The van der Waals surface area contributed by atoms with Crippen LogP contribution in [0.25, 0.3) is 0 Å². The van der Waals surface area contributed by atoms with Gasteiger partial charge in [0.05, 0.1) is 16.2 Å². The van der Waals surface area contributed by atoms with E-state index in [1.165, 1.54) is 36.0 Å². The summed E-state index contributed by atoms with van der Waals surface area (Å²) < 4.78 is 38.0. The van der Waals surface area contributed by atoms with Gasteiger partial charge in [0.15, 0.2) is 0 Å². The standard InChI is InChI=1S/C17H15F3N2O3S/c1-11(12-4-2-7-15(8-12)22(24)25)26-10-16(23)21-14-6-3-5-13(9-14)17(18,19)20/h2-9,11H,10H2,1H3,(H,21,23)/t11-/m0/s1. The quantitative estimate of drug-likeness (QED) is 0.559. The summed E-state index contributed by atoms with van der Waals surface area (Å²) in [6.45, 7) is 1.79. The summed E-state index contributed by atoms with van der Waals surface area (Å²) in [5.74, 6) is -0.452. The Morgan fingerprint density at radius 3 is 2.58 bits per heavy atom. The van der Waals surface area contributed by atoms with Gasteiger partial charge in [-0.15, -0.1) is 11.8 Å². The maximum Gasteiger partial charge on any atom is 0.416 e. The molecule has 0 saturated carbocycles. The van der Waals surface area contributed by atoms with Gasteiger partial charge in [0.25, 0.3) is 5.69 Å². The Balaban J connectivity index is 1.94. The first-order valence-corrected chi connectivity index (χ1v) is 8.55. The van der Waals surface area contributed by atoms with Crippen molar-refractivity contribution < 1.29 is 22.9 Å². The second-order valence-electron chi connectivity index (χ2n) is 5.43. The molecule has 0 spiro atoms. The number of nitro benzene ring substituents is 1. The number of nitrogens with one attached hydrogen (secondary N) is 1. The fourth-order valence-corrected chi connectivity index (χ4v) is 2.97. The Labute approximate surface area is 151 Å². The number of anilines is 1. The zero-order valence-electron chi connectivity index (χ0n) is 13.6. The number of nitro groups is 1. The number of non-ortho nitro benzene ring substituents is 1. The van der Waals surface area contributed by atoms with E-state index in [1.807, 2.05) is 0 Å². The molecule has 9 heteroatoms. The lowest BCUT2D eigenvalue weighted by molar-refractivity contribution is -0.384. The molecule has 0 saturated heterocycles. The second-order valence-corrected chi connectivity index (χ2v) is 6.76. The molecule has 1 amide bonds. The number of hydrogen-bond acceptors (Lipinski definition) is 4. The Kier molecular flexibility index (Phi) is 6.25. The number of alkyl halides is 3. The van der Waals surface area contributed by atoms with Crippen LogP contribution < -0.4 is 5.32 Å². The fraction of sp³-hybridized carbons (Fsp3) is 0.235. The van der Waals surface area contributed by atoms with Crippen molar-refractivity contribution in [2.45, 2.75) is 18.3 Å². The molecule has 5 nitrogen and oxygen atoms in total. The van der Waals surface area contributed by atoms with Gasteiger partial charge in [-0.1, -0.05) is 18.2 Å². The van der Waals surface area contributed by atoms with Crippen LogP contribution in [0.15, 0.2) is 48.5 Å².